The maximum absolute atomic E-state index is 5.78. The molecule has 0 bridgehead atoms. The average molecular weight is 434 g/mol. The van der Waals surface area contributed by atoms with Crippen LogP contribution in [0.5, 0.6) is 5.75 Å². The predicted molar refractivity (Wildman–Crippen MR) is 99.1 cm³/mol. The zero-order valence-corrected chi connectivity index (χ0v) is 16.2. The van der Waals surface area contributed by atoms with Crippen LogP contribution in [0.4, 0.5) is 0 Å². The van der Waals surface area contributed by atoms with E-state index in [1.807, 2.05) is 26.0 Å². The molecule has 0 aliphatic carbocycles. The van der Waals surface area contributed by atoms with E-state index in [2.05, 4.69) is 31.0 Å². The van der Waals surface area contributed by atoms with E-state index in [9.17, 15) is 0 Å². The van der Waals surface area contributed by atoms with Gasteiger partial charge in [0.05, 0.1) is 31.6 Å². The van der Waals surface area contributed by atoms with Crippen molar-refractivity contribution in [3.63, 3.8) is 0 Å². The summed E-state index contributed by atoms with van der Waals surface area (Å²) < 4.78 is 19.1. The highest BCUT2D eigenvalue weighted by Crippen LogP contribution is 2.16. The van der Waals surface area contributed by atoms with Crippen LogP contribution in [0.3, 0.4) is 0 Å². The van der Waals surface area contributed by atoms with Crippen molar-refractivity contribution in [1.29, 1.82) is 0 Å². The van der Waals surface area contributed by atoms with E-state index in [1.165, 1.54) is 0 Å². The number of hydrogen-bond donors (Lipinski definition) is 0. The quantitative estimate of drug-likeness (QED) is 0.304. The normalized spacial score (nSPS) is 15.8. The van der Waals surface area contributed by atoms with Crippen LogP contribution < -0.4 is 4.74 Å². The molecule has 2 rings (SSSR count). The standard InChI is InChI=1S/C17H27IN2O3/c1-14(2)21-9-4-10-22-16-7-6-15(19-11-16)5-3-8-23-17-12-20(18)13-17/h6-7,11,14,17H,3-5,8-10,12-13H2,1-2H3. The number of nitrogens with zero attached hydrogens (tertiary/aromatic N) is 2. The van der Waals surface area contributed by atoms with Crippen molar-refractivity contribution < 1.29 is 14.2 Å². The van der Waals surface area contributed by atoms with Crippen LogP contribution >= 0.6 is 22.9 Å². The summed E-state index contributed by atoms with van der Waals surface area (Å²) in [6, 6.07) is 4.03. The number of aryl methyl sites for hydroxylation is 1. The fourth-order valence-electron chi connectivity index (χ4n) is 2.21. The van der Waals surface area contributed by atoms with E-state index in [1.54, 1.807) is 6.20 Å². The summed E-state index contributed by atoms with van der Waals surface area (Å²) >= 11 is 2.32. The summed E-state index contributed by atoms with van der Waals surface area (Å²) in [4.78, 5) is 4.45. The monoisotopic (exact) mass is 434 g/mol. The van der Waals surface area contributed by atoms with Crippen molar-refractivity contribution in [2.75, 3.05) is 32.9 Å². The van der Waals surface area contributed by atoms with Gasteiger partial charge in [-0.25, -0.2) is 3.11 Å². The summed E-state index contributed by atoms with van der Waals surface area (Å²) in [6.45, 7) is 8.39. The third kappa shape index (κ3) is 7.78. The molecule has 0 N–H and O–H groups in total. The van der Waals surface area contributed by atoms with Gasteiger partial charge in [-0.1, -0.05) is 0 Å². The van der Waals surface area contributed by atoms with Gasteiger partial charge < -0.3 is 14.2 Å². The Labute approximate surface area is 153 Å². The van der Waals surface area contributed by atoms with Gasteiger partial charge in [-0.2, -0.15) is 0 Å². The van der Waals surface area contributed by atoms with E-state index < -0.39 is 0 Å². The number of pyridine rings is 1. The fourth-order valence-corrected chi connectivity index (χ4v) is 3.09. The summed E-state index contributed by atoms with van der Waals surface area (Å²) in [5.74, 6) is 0.825. The fraction of sp³-hybridized carbons (Fsp3) is 0.706. The number of aromatic nitrogens is 1. The third-order valence-electron chi connectivity index (χ3n) is 3.54. The summed E-state index contributed by atoms with van der Waals surface area (Å²) in [5.41, 5.74) is 1.09. The average Bonchev–Trinajstić information content (AvgIpc) is 2.50. The molecule has 1 aliphatic rings. The van der Waals surface area contributed by atoms with Crippen molar-refractivity contribution in [3.8, 4) is 5.75 Å². The zero-order valence-electron chi connectivity index (χ0n) is 14.0. The lowest BCUT2D eigenvalue weighted by Gasteiger charge is -2.33. The molecule has 0 amide bonds. The first kappa shape index (κ1) is 18.9. The summed E-state index contributed by atoms with van der Waals surface area (Å²) in [6.07, 6.45) is 5.37. The van der Waals surface area contributed by atoms with Gasteiger partial charge in [-0.05, 0) is 38.8 Å². The predicted octanol–water partition coefficient (Wildman–Crippen LogP) is 3.26. The molecule has 6 heteroatoms. The van der Waals surface area contributed by atoms with Gasteiger partial charge in [0.1, 0.15) is 5.75 Å². The number of ether oxygens (including phenoxy) is 3. The van der Waals surface area contributed by atoms with Crippen LogP contribution in [0.25, 0.3) is 0 Å². The van der Waals surface area contributed by atoms with Crippen molar-refractivity contribution in [2.45, 2.75) is 45.3 Å². The Hall–Kier alpha value is -0.440. The maximum Gasteiger partial charge on any atom is 0.137 e. The van der Waals surface area contributed by atoms with Crippen LogP contribution in [0, 0.1) is 0 Å². The minimum Gasteiger partial charge on any atom is -0.492 e. The molecule has 0 aromatic carbocycles. The van der Waals surface area contributed by atoms with E-state index in [0.29, 0.717) is 12.7 Å². The molecular weight excluding hydrogens is 407 g/mol. The Bertz CT molecular complexity index is 436. The molecule has 0 spiro atoms. The molecule has 2 heterocycles. The van der Waals surface area contributed by atoms with Crippen LogP contribution in [-0.2, 0) is 15.9 Å². The number of hydrogen-bond acceptors (Lipinski definition) is 5. The Balaban J connectivity index is 1.53. The zero-order chi connectivity index (χ0) is 16.5. The molecule has 0 atom stereocenters. The van der Waals surface area contributed by atoms with Crippen molar-refractivity contribution in [1.82, 2.24) is 8.10 Å². The highest BCUT2D eigenvalue weighted by molar-refractivity contribution is 14.1. The highest BCUT2D eigenvalue weighted by atomic mass is 127. The second-order valence-electron chi connectivity index (χ2n) is 6.03. The molecule has 0 radical (unpaired) electrons. The highest BCUT2D eigenvalue weighted by Gasteiger charge is 2.24. The minimum atomic E-state index is 0.282. The lowest BCUT2D eigenvalue weighted by atomic mass is 10.2. The van der Waals surface area contributed by atoms with Crippen LogP contribution in [-0.4, -0.2) is 53.2 Å². The Morgan fingerprint density at radius 3 is 2.70 bits per heavy atom. The summed E-state index contributed by atoms with van der Waals surface area (Å²) in [5, 5.41) is 0. The SMILES string of the molecule is CC(C)OCCCOc1ccc(CCCOC2CN(I)C2)nc1. The maximum atomic E-state index is 5.78. The van der Waals surface area contributed by atoms with Crippen molar-refractivity contribution in [2.24, 2.45) is 0 Å². The topological polar surface area (TPSA) is 43.8 Å². The van der Waals surface area contributed by atoms with E-state index in [4.69, 9.17) is 14.2 Å². The largest absolute Gasteiger partial charge is 0.492 e. The molecule has 0 unspecified atom stereocenters. The lowest BCUT2D eigenvalue weighted by Crippen LogP contribution is -2.46. The lowest BCUT2D eigenvalue weighted by molar-refractivity contribution is -0.0101. The second-order valence-corrected chi connectivity index (χ2v) is 7.40. The Morgan fingerprint density at radius 2 is 2.04 bits per heavy atom. The number of rotatable bonds is 11. The van der Waals surface area contributed by atoms with Crippen molar-refractivity contribution in [3.05, 3.63) is 24.0 Å². The van der Waals surface area contributed by atoms with Gasteiger partial charge in [-0.3, -0.25) is 4.98 Å². The van der Waals surface area contributed by atoms with Crippen LogP contribution in [0.2, 0.25) is 0 Å². The Kier molecular flexibility index (Phi) is 8.57. The molecule has 5 nitrogen and oxygen atoms in total. The van der Waals surface area contributed by atoms with Gasteiger partial charge >= 0.3 is 0 Å². The van der Waals surface area contributed by atoms with Gasteiger partial charge in [-0.15, -0.1) is 0 Å². The van der Waals surface area contributed by atoms with E-state index in [0.717, 1.165) is 57.0 Å². The molecular formula is C17H27IN2O3. The molecule has 1 aliphatic heterocycles. The molecule has 130 valence electrons. The van der Waals surface area contributed by atoms with Gasteiger partial charge in [0.2, 0.25) is 0 Å². The Morgan fingerprint density at radius 1 is 1.22 bits per heavy atom. The summed E-state index contributed by atoms with van der Waals surface area (Å²) in [7, 11) is 0. The first-order valence-corrected chi connectivity index (χ1v) is 9.31. The third-order valence-corrected chi connectivity index (χ3v) is 4.33. The van der Waals surface area contributed by atoms with Crippen molar-refractivity contribution >= 4 is 22.9 Å². The first-order chi connectivity index (χ1) is 11.1. The first-order valence-electron chi connectivity index (χ1n) is 8.35. The van der Waals surface area contributed by atoms with Crippen LogP contribution in [0.1, 0.15) is 32.4 Å². The number of halogens is 1. The molecule has 1 fully saturated rings. The van der Waals surface area contributed by atoms with Gasteiger partial charge in [0, 0.05) is 54.7 Å². The van der Waals surface area contributed by atoms with E-state index in [-0.39, 0.29) is 6.10 Å². The van der Waals surface area contributed by atoms with E-state index >= 15 is 0 Å². The molecule has 1 aromatic rings. The van der Waals surface area contributed by atoms with Gasteiger partial charge in [0.25, 0.3) is 0 Å². The minimum absolute atomic E-state index is 0.282. The van der Waals surface area contributed by atoms with Crippen LogP contribution in [0.15, 0.2) is 18.3 Å². The molecule has 1 saturated heterocycles. The second kappa shape index (κ2) is 10.4. The molecule has 23 heavy (non-hydrogen) atoms. The molecule has 1 aromatic heterocycles. The molecule has 0 saturated carbocycles. The van der Waals surface area contributed by atoms with Gasteiger partial charge in [0.15, 0.2) is 0 Å². The smallest absolute Gasteiger partial charge is 0.137 e.